The average Bonchev–Trinajstić information content (AvgIpc) is 3.48. The maximum Gasteiger partial charge on any atom is 0.418 e. The van der Waals surface area contributed by atoms with Gasteiger partial charge < -0.3 is 10.1 Å². The SMILES string of the molecule is O=C(NC1CCN(C2CCC(c3ccccc3F)CC2)C1)N1C(=O)OCC1c1ccc(F)c(F)c1. The average molecular weight is 488 g/mol. The molecule has 2 aromatic carbocycles. The third kappa shape index (κ3) is 4.87. The highest BCUT2D eigenvalue weighted by atomic mass is 19.2. The van der Waals surface area contributed by atoms with Crippen molar-refractivity contribution >= 4 is 12.1 Å². The monoisotopic (exact) mass is 487 g/mol. The van der Waals surface area contributed by atoms with Gasteiger partial charge in [-0.2, -0.15) is 0 Å². The van der Waals surface area contributed by atoms with Crippen LogP contribution < -0.4 is 5.32 Å². The highest BCUT2D eigenvalue weighted by Crippen LogP contribution is 2.37. The molecule has 1 aliphatic carbocycles. The summed E-state index contributed by atoms with van der Waals surface area (Å²) in [6.07, 6.45) is 3.73. The molecule has 2 aliphatic heterocycles. The second kappa shape index (κ2) is 9.89. The highest BCUT2D eigenvalue weighted by Gasteiger charge is 2.41. The van der Waals surface area contributed by atoms with E-state index < -0.39 is 29.8 Å². The number of benzene rings is 2. The Labute approximate surface area is 202 Å². The molecule has 1 N–H and O–H groups in total. The molecule has 186 valence electrons. The summed E-state index contributed by atoms with van der Waals surface area (Å²) in [5, 5.41) is 2.92. The summed E-state index contributed by atoms with van der Waals surface area (Å²) in [5.41, 5.74) is 1.09. The molecule has 3 aliphatic rings. The molecule has 2 saturated heterocycles. The fourth-order valence-electron chi connectivity index (χ4n) is 5.65. The Kier molecular flexibility index (Phi) is 6.69. The second-order valence-corrected chi connectivity index (χ2v) is 9.59. The van der Waals surface area contributed by atoms with E-state index in [1.54, 1.807) is 6.07 Å². The molecule has 5 rings (SSSR count). The number of rotatable bonds is 4. The summed E-state index contributed by atoms with van der Waals surface area (Å²) in [6, 6.07) is 9.12. The summed E-state index contributed by atoms with van der Waals surface area (Å²) in [6.45, 7) is 1.38. The lowest BCUT2D eigenvalue weighted by Gasteiger charge is -2.35. The van der Waals surface area contributed by atoms with Gasteiger partial charge >= 0.3 is 12.1 Å². The number of hydrogen-bond donors (Lipinski definition) is 1. The number of halogens is 3. The molecule has 0 aromatic heterocycles. The maximum absolute atomic E-state index is 14.2. The predicted molar refractivity (Wildman–Crippen MR) is 122 cm³/mol. The van der Waals surface area contributed by atoms with Gasteiger partial charge in [0.15, 0.2) is 11.6 Å². The summed E-state index contributed by atoms with van der Waals surface area (Å²) in [4.78, 5) is 28.5. The minimum atomic E-state index is -1.04. The minimum Gasteiger partial charge on any atom is -0.446 e. The van der Waals surface area contributed by atoms with Gasteiger partial charge in [0.1, 0.15) is 18.5 Å². The van der Waals surface area contributed by atoms with E-state index in [0.29, 0.717) is 18.2 Å². The van der Waals surface area contributed by atoms with Crippen molar-refractivity contribution in [2.24, 2.45) is 0 Å². The maximum atomic E-state index is 14.2. The van der Waals surface area contributed by atoms with Crippen molar-refractivity contribution in [3.8, 4) is 0 Å². The number of ether oxygens (including phenoxy) is 1. The van der Waals surface area contributed by atoms with Crippen LogP contribution in [-0.2, 0) is 4.74 Å². The number of carbonyl (C=O) groups is 2. The third-order valence-electron chi connectivity index (χ3n) is 7.53. The smallest absolute Gasteiger partial charge is 0.418 e. The van der Waals surface area contributed by atoms with E-state index in [9.17, 15) is 22.8 Å². The zero-order chi connectivity index (χ0) is 24.5. The number of carbonyl (C=O) groups excluding carboxylic acids is 2. The van der Waals surface area contributed by atoms with Crippen LogP contribution in [0.2, 0.25) is 0 Å². The molecular weight excluding hydrogens is 459 g/mol. The lowest BCUT2D eigenvalue weighted by molar-refractivity contribution is 0.155. The van der Waals surface area contributed by atoms with Gasteiger partial charge in [-0.05, 0) is 67.3 Å². The van der Waals surface area contributed by atoms with E-state index in [4.69, 9.17) is 4.74 Å². The Bertz CT molecular complexity index is 1110. The van der Waals surface area contributed by atoms with Crippen LogP contribution in [0, 0.1) is 17.5 Å². The molecule has 2 heterocycles. The molecule has 2 atom stereocenters. The summed E-state index contributed by atoms with van der Waals surface area (Å²) >= 11 is 0. The Morgan fingerprint density at radius 1 is 0.943 bits per heavy atom. The Balaban J connectivity index is 1.16. The standard InChI is InChI=1S/C26H28F3N3O3/c27-21-4-2-1-3-20(21)16-5-8-19(9-6-16)31-12-11-18(14-31)30-25(33)32-24(15-35-26(32)34)17-7-10-22(28)23(29)13-17/h1-4,7,10,13,16,18-19,24H,5-6,8-9,11-12,14-15H2,(H,30,33). The fraction of sp³-hybridized carbons (Fsp3) is 0.462. The molecule has 2 unspecified atom stereocenters. The number of hydrogen-bond acceptors (Lipinski definition) is 4. The van der Waals surface area contributed by atoms with E-state index in [0.717, 1.165) is 61.2 Å². The van der Waals surface area contributed by atoms with E-state index in [1.807, 2.05) is 12.1 Å². The van der Waals surface area contributed by atoms with Crippen LogP contribution >= 0.6 is 0 Å². The third-order valence-corrected chi connectivity index (χ3v) is 7.53. The van der Waals surface area contributed by atoms with Crippen LogP contribution in [0.4, 0.5) is 22.8 Å². The van der Waals surface area contributed by atoms with Gasteiger partial charge in [-0.3, -0.25) is 4.90 Å². The van der Waals surface area contributed by atoms with Crippen LogP contribution in [0.5, 0.6) is 0 Å². The lowest BCUT2D eigenvalue weighted by Crippen LogP contribution is -2.47. The molecule has 2 aromatic rings. The first kappa shape index (κ1) is 23.7. The van der Waals surface area contributed by atoms with Gasteiger partial charge in [0, 0.05) is 25.2 Å². The first-order valence-corrected chi connectivity index (χ1v) is 12.1. The van der Waals surface area contributed by atoms with Crippen molar-refractivity contribution in [3.63, 3.8) is 0 Å². The van der Waals surface area contributed by atoms with Crippen LogP contribution in [0.25, 0.3) is 0 Å². The topological polar surface area (TPSA) is 61.9 Å². The molecule has 3 amide bonds. The van der Waals surface area contributed by atoms with Crippen LogP contribution in [0.15, 0.2) is 42.5 Å². The van der Waals surface area contributed by atoms with Crippen molar-refractivity contribution in [3.05, 3.63) is 71.0 Å². The van der Waals surface area contributed by atoms with E-state index in [2.05, 4.69) is 10.2 Å². The number of cyclic esters (lactones) is 1. The molecule has 0 radical (unpaired) electrons. The number of imide groups is 1. The zero-order valence-electron chi connectivity index (χ0n) is 19.3. The van der Waals surface area contributed by atoms with Crippen molar-refractivity contribution in [1.82, 2.24) is 15.1 Å². The van der Waals surface area contributed by atoms with Crippen molar-refractivity contribution in [1.29, 1.82) is 0 Å². The normalized spacial score (nSPS) is 27.2. The van der Waals surface area contributed by atoms with Crippen molar-refractivity contribution in [2.45, 2.75) is 56.1 Å². The first-order chi connectivity index (χ1) is 16.9. The van der Waals surface area contributed by atoms with Gasteiger partial charge in [0.05, 0.1) is 0 Å². The van der Waals surface area contributed by atoms with Gasteiger partial charge in [0.25, 0.3) is 0 Å². The minimum absolute atomic E-state index is 0.112. The van der Waals surface area contributed by atoms with Crippen LogP contribution in [-0.4, -0.2) is 53.7 Å². The van der Waals surface area contributed by atoms with Crippen molar-refractivity contribution < 1.29 is 27.5 Å². The predicted octanol–water partition coefficient (Wildman–Crippen LogP) is 5.11. The Morgan fingerprint density at radius 3 is 2.46 bits per heavy atom. The number of nitrogens with one attached hydrogen (secondary N) is 1. The van der Waals surface area contributed by atoms with Crippen molar-refractivity contribution in [2.75, 3.05) is 19.7 Å². The van der Waals surface area contributed by atoms with E-state index >= 15 is 0 Å². The number of amides is 3. The summed E-state index contributed by atoms with van der Waals surface area (Å²) < 4.78 is 46.2. The molecule has 6 nitrogen and oxygen atoms in total. The molecule has 35 heavy (non-hydrogen) atoms. The van der Waals surface area contributed by atoms with Crippen LogP contribution in [0.3, 0.4) is 0 Å². The molecule has 1 saturated carbocycles. The van der Waals surface area contributed by atoms with Crippen LogP contribution in [0.1, 0.15) is 55.2 Å². The molecule has 3 fully saturated rings. The van der Waals surface area contributed by atoms with Gasteiger partial charge in [-0.25, -0.2) is 27.7 Å². The molecular formula is C26H28F3N3O3. The Hall–Kier alpha value is -3.07. The Morgan fingerprint density at radius 2 is 1.71 bits per heavy atom. The lowest BCUT2D eigenvalue weighted by atomic mass is 9.81. The number of likely N-dealkylation sites (tertiary alicyclic amines) is 1. The molecule has 0 bridgehead atoms. The summed E-state index contributed by atoms with van der Waals surface area (Å²) in [7, 11) is 0. The number of urea groups is 1. The fourth-order valence-corrected chi connectivity index (χ4v) is 5.65. The van der Waals surface area contributed by atoms with E-state index in [1.165, 1.54) is 12.1 Å². The van der Waals surface area contributed by atoms with Gasteiger partial charge in [-0.15, -0.1) is 0 Å². The highest BCUT2D eigenvalue weighted by molar-refractivity contribution is 5.92. The quantitative estimate of drug-likeness (QED) is 0.651. The first-order valence-electron chi connectivity index (χ1n) is 12.1. The van der Waals surface area contributed by atoms with Gasteiger partial charge in [0.2, 0.25) is 0 Å². The largest absolute Gasteiger partial charge is 0.446 e. The second-order valence-electron chi connectivity index (χ2n) is 9.59. The van der Waals surface area contributed by atoms with E-state index in [-0.39, 0.29) is 24.4 Å². The summed E-state index contributed by atoms with van der Waals surface area (Å²) in [5.74, 6) is -1.94. The van der Waals surface area contributed by atoms with Gasteiger partial charge in [-0.1, -0.05) is 24.3 Å². The zero-order valence-corrected chi connectivity index (χ0v) is 19.3. The molecule has 9 heteroatoms. The number of nitrogens with zero attached hydrogens (tertiary/aromatic N) is 2. The molecule has 0 spiro atoms.